The van der Waals surface area contributed by atoms with Crippen LogP contribution in [-0.4, -0.2) is 38.7 Å². The fourth-order valence-corrected chi connectivity index (χ4v) is 2.14. The van der Waals surface area contributed by atoms with Gasteiger partial charge in [0.05, 0.1) is 19.8 Å². The van der Waals surface area contributed by atoms with Gasteiger partial charge in [-0.15, -0.1) is 0 Å². The zero-order valence-corrected chi connectivity index (χ0v) is 13.9. The van der Waals surface area contributed by atoms with Crippen LogP contribution in [0.15, 0.2) is 16.6 Å². The molecule has 6 nitrogen and oxygen atoms in total. The summed E-state index contributed by atoms with van der Waals surface area (Å²) in [6.45, 7) is 3.77. The van der Waals surface area contributed by atoms with E-state index in [9.17, 15) is 9.59 Å². The van der Waals surface area contributed by atoms with Gasteiger partial charge in [0, 0.05) is 6.54 Å². The van der Waals surface area contributed by atoms with Crippen LogP contribution < -0.4 is 14.8 Å². The molecule has 1 aromatic rings. The Bertz CT molecular complexity index is 507. The lowest BCUT2D eigenvalue weighted by Gasteiger charge is -2.14. The molecule has 7 heteroatoms. The predicted octanol–water partition coefficient (Wildman–Crippen LogP) is 2.15. The van der Waals surface area contributed by atoms with Crippen LogP contribution in [-0.2, 0) is 9.53 Å². The topological polar surface area (TPSA) is 73.9 Å². The van der Waals surface area contributed by atoms with E-state index in [2.05, 4.69) is 21.2 Å². The van der Waals surface area contributed by atoms with Crippen LogP contribution in [0.25, 0.3) is 0 Å². The van der Waals surface area contributed by atoms with E-state index in [1.54, 1.807) is 6.92 Å². The predicted molar refractivity (Wildman–Crippen MR) is 80.8 cm³/mol. The number of amides is 1. The molecular weight excluding hydrogens is 342 g/mol. The number of rotatable bonds is 6. The molecule has 0 aromatic heterocycles. The van der Waals surface area contributed by atoms with Gasteiger partial charge in [0.2, 0.25) is 0 Å². The minimum atomic E-state index is -0.877. The van der Waals surface area contributed by atoms with Crippen LogP contribution >= 0.6 is 15.9 Å². The van der Waals surface area contributed by atoms with Gasteiger partial charge in [-0.05, 0) is 41.9 Å². The Hall–Kier alpha value is -1.76. The summed E-state index contributed by atoms with van der Waals surface area (Å²) in [4.78, 5) is 23.6. The smallest absolute Gasteiger partial charge is 0.339 e. The molecule has 1 aromatic carbocycles. The lowest BCUT2D eigenvalue weighted by molar-refractivity contribution is -0.128. The highest BCUT2D eigenvalue weighted by atomic mass is 79.9. The second-order valence-electron chi connectivity index (χ2n) is 4.14. The van der Waals surface area contributed by atoms with E-state index in [0.717, 1.165) is 0 Å². The molecule has 0 spiro atoms. The molecule has 0 bridgehead atoms. The number of esters is 1. The van der Waals surface area contributed by atoms with Crippen LogP contribution in [0.2, 0.25) is 0 Å². The van der Waals surface area contributed by atoms with Crippen molar-refractivity contribution < 1.29 is 23.8 Å². The fraction of sp³-hybridized carbons (Fsp3) is 0.429. The van der Waals surface area contributed by atoms with Crippen LogP contribution in [0, 0.1) is 0 Å². The Morgan fingerprint density at radius 1 is 1.24 bits per heavy atom. The van der Waals surface area contributed by atoms with Gasteiger partial charge >= 0.3 is 5.97 Å². The molecule has 0 saturated carbocycles. The minimum Gasteiger partial charge on any atom is -0.495 e. The van der Waals surface area contributed by atoms with Gasteiger partial charge in [-0.1, -0.05) is 0 Å². The molecule has 0 heterocycles. The summed E-state index contributed by atoms with van der Waals surface area (Å²) in [5.74, 6) is -0.0985. The molecule has 116 valence electrons. The molecule has 1 atom stereocenters. The van der Waals surface area contributed by atoms with Crippen LogP contribution in [0.1, 0.15) is 24.2 Å². The molecule has 1 rings (SSSR count). The highest BCUT2D eigenvalue weighted by Crippen LogP contribution is 2.35. The Morgan fingerprint density at radius 3 is 2.19 bits per heavy atom. The summed E-state index contributed by atoms with van der Waals surface area (Å²) in [7, 11) is 2.96. The number of hydrogen-bond acceptors (Lipinski definition) is 5. The monoisotopic (exact) mass is 359 g/mol. The SMILES string of the molecule is CCNC(=O)[C@H](C)OC(=O)c1cc(OC)c(Br)c(OC)c1. The fourth-order valence-electron chi connectivity index (χ4n) is 1.59. The Balaban J connectivity index is 2.95. The third-order valence-corrected chi connectivity index (χ3v) is 3.47. The van der Waals surface area contributed by atoms with Crippen molar-refractivity contribution in [1.82, 2.24) is 5.32 Å². The third-order valence-electron chi connectivity index (χ3n) is 2.69. The van der Waals surface area contributed by atoms with E-state index in [1.165, 1.54) is 33.3 Å². The molecule has 0 radical (unpaired) electrons. The number of halogens is 1. The molecule has 1 amide bonds. The molecule has 0 saturated heterocycles. The molecule has 1 N–H and O–H groups in total. The summed E-state index contributed by atoms with van der Waals surface area (Å²) in [6.07, 6.45) is -0.877. The molecule has 0 aliphatic carbocycles. The summed E-state index contributed by atoms with van der Waals surface area (Å²) in [5.41, 5.74) is 0.239. The van der Waals surface area contributed by atoms with Crippen LogP contribution in [0.5, 0.6) is 11.5 Å². The van der Waals surface area contributed by atoms with Gasteiger partial charge in [-0.25, -0.2) is 4.79 Å². The average molecular weight is 360 g/mol. The zero-order chi connectivity index (χ0) is 16.0. The lowest BCUT2D eigenvalue weighted by Crippen LogP contribution is -2.35. The maximum atomic E-state index is 12.1. The molecule has 0 fully saturated rings. The first-order valence-electron chi connectivity index (χ1n) is 6.34. The Kier molecular flexibility index (Phi) is 6.48. The van der Waals surface area contributed by atoms with E-state index in [4.69, 9.17) is 14.2 Å². The lowest BCUT2D eigenvalue weighted by atomic mass is 10.2. The first-order chi connectivity index (χ1) is 9.94. The number of hydrogen-bond donors (Lipinski definition) is 1. The molecule has 0 aliphatic rings. The second-order valence-corrected chi connectivity index (χ2v) is 4.93. The number of benzene rings is 1. The maximum Gasteiger partial charge on any atom is 0.339 e. The number of likely N-dealkylation sites (N-methyl/N-ethyl adjacent to an activating group) is 1. The maximum absolute atomic E-state index is 12.1. The summed E-state index contributed by atoms with van der Waals surface area (Å²) >= 11 is 3.31. The molecular formula is C14H18BrNO5. The van der Waals surface area contributed by atoms with Gasteiger partial charge in [0.1, 0.15) is 16.0 Å². The summed E-state index contributed by atoms with van der Waals surface area (Å²) in [5, 5.41) is 2.58. The first-order valence-corrected chi connectivity index (χ1v) is 7.14. The minimum absolute atomic E-state index is 0.239. The van der Waals surface area contributed by atoms with Crippen molar-refractivity contribution in [3.8, 4) is 11.5 Å². The number of ether oxygens (including phenoxy) is 3. The van der Waals surface area contributed by atoms with Gasteiger partial charge in [0.25, 0.3) is 5.91 Å². The van der Waals surface area contributed by atoms with E-state index in [-0.39, 0.29) is 11.5 Å². The number of methoxy groups -OCH3 is 2. The van der Waals surface area contributed by atoms with Crippen molar-refractivity contribution in [2.24, 2.45) is 0 Å². The third kappa shape index (κ3) is 4.35. The normalized spacial score (nSPS) is 11.5. The quantitative estimate of drug-likeness (QED) is 0.787. The van der Waals surface area contributed by atoms with Crippen molar-refractivity contribution in [1.29, 1.82) is 0 Å². The van der Waals surface area contributed by atoms with E-state index in [0.29, 0.717) is 22.5 Å². The van der Waals surface area contributed by atoms with Crippen molar-refractivity contribution in [3.63, 3.8) is 0 Å². The van der Waals surface area contributed by atoms with Crippen molar-refractivity contribution in [2.45, 2.75) is 20.0 Å². The summed E-state index contributed by atoms with van der Waals surface area (Å²) in [6, 6.07) is 3.03. The van der Waals surface area contributed by atoms with Crippen molar-refractivity contribution in [3.05, 3.63) is 22.2 Å². The summed E-state index contributed by atoms with van der Waals surface area (Å²) < 4.78 is 16.0. The highest BCUT2D eigenvalue weighted by molar-refractivity contribution is 9.10. The van der Waals surface area contributed by atoms with Crippen molar-refractivity contribution >= 4 is 27.8 Å². The first kappa shape index (κ1) is 17.3. The largest absolute Gasteiger partial charge is 0.495 e. The Labute approximate surface area is 131 Å². The number of carbonyl (C=O) groups excluding carboxylic acids is 2. The van der Waals surface area contributed by atoms with E-state index < -0.39 is 12.1 Å². The van der Waals surface area contributed by atoms with Gasteiger partial charge in [0.15, 0.2) is 6.10 Å². The zero-order valence-electron chi connectivity index (χ0n) is 12.4. The molecule has 0 unspecified atom stereocenters. The van der Waals surface area contributed by atoms with Gasteiger partial charge in [-0.3, -0.25) is 4.79 Å². The van der Waals surface area contributed by atoms with Crippen LogP contribution in [0.4, 0.5) is 0 Å². The molecule has 0 aliphatic heterocycles. The number of nitrogens with one attached hydrogen (secondary N) is 1. The second kappa shape index (κ2) is 7.87. The average Bonchev–Trinajstić information content (AvgIpc) is 2.47. The van der Waals surface area contributed by atoms with Gasteiger partial charge < -0.3 is 19.5 Å². The standard InChI is InChI=1S/C14H18BrNO5/c1-5-16-13(17)8(2)21-14(18)9-6-10(19-3)12(15)11(7-9)20-4/h6-8H,5H2,1-4H3,(H,16,17)/t8-/m0/s1. The number of carbonyl (C=O) groups is 2. The van der Waals surface area contributed by atoms with E-state index in [1.807, 2.05) is 0 Å². The van der Waals surface area contributed by atoms with Gasteiger partial charge in [-0.2, -0.15) is 0 Å². The molecule has 21 heavy (non-hydrogen) atoms. The highest BCUT2D eigenvalue weighted by Gasteiger charge is 2.20. The van der Waals surface area contributed by atoms with Crippen molar-refractivity contribution in [2.75, 3.05) is 20.8 Å². The van der Waals surface area contributed by atoms with Crippen LogP contribution in [0.3, 0.4) is 0 Å². The van der Waals surface area contributed by atoms with E-state index >= 15 is 0 Å². The Morgan fingerprint density at radius 2 is 1.76 bits per heavy atom.